The number of aliphatic hydroxyl groups excluding tert-OH is 1. The third kappa shape index (κ3) is 4.09. The first-order chi connectivity index (χ1) is 12.9. The van der Waals surface area contributed by atoms with Crippen LogP contribution in [0.4, 0.5) is 0 Å². The molecule has 0 saturated carbocycles. The van der Waals surface area contributed by atoms with Crippen molar-refractivity contribution in [2.45, 2.75) is 26.5 Å². The molecule has 0 radical (unpaired) electrons. The molecule has 0 fully saturated rings. The number of nitrogens with two attached hydrogens (primary N) is 1. The Morgan fingerprint density at radius 1 is 1.44 bits per heavy atom. The minimum atomic E-state index is -1.14. The Kier molecular flexibility index (Phi) is 5.43. The van der Waals surface area contributed by atoms with Gasteiger partial charge in [-0.3, -0.25) is 9.59 Å². The zero-order valence-electron chi connectivity index (χ0n) is 14.9. The Hall–Kier alpha value is -2.91. The van der Waals surface area contributed by atoms with E-state index in [1.54, 1.807) is 47.3 Å². The quantitative estimate of drug-likeness (QED) is 0.561. The second-order valence-corrected chi connectivity index (χ2v) is 7.41. The minimum absolute atomic E-state index is 0.386. The lowest BCUT2D eigenvalue weighted by Gasteiger charge is -2.13. The maximum Gasteiger partial charge on any atom is 0.254 e. The van der Waals surface area contributed by atoms with Crippen LogP contribution in [0.25, 0.3) is 5.52 Å². The van der Waals surface area contributed by atoms with Gasteiger partial charge in [0, 0.05) is 24.7 Å². The van der Waals surface area contributed by atoms with E-state index in [9.17, 15) is 14.7 Å². The van der Waals surface area contributed by atoms with Crippen molar-refractivity contribution >= 4 is 28.7 Å². The fraction of sp³-hybridized carbons (Fsp3) is 0.278. The largest absolute Gasteiger partial charge is 0.488 e. The number of carbonyl (C=O) groups is 2. The summed E-state index contributed by atoms with van der Waals surface area (Å²) in [6, 6.07) is 2.43. The molecule has 1 atom stereocenters. The first kappa shape index (κ1) is 18.9. The SMILES string of the molecule is Cc1ncc(COc2ccn3cc(C)c(C(=O)N[C@@H](CO)C(N)=O)c3c2)s1. The number of thiazole rings is 1. The summed E-state index contributed by atoms with van der Waals surface area (Å²) in [6.45, 7) is 3.55. The van der Waals surface area contributed by atoms with Crippen molar-refractivity contribution in [3.05, 3.63) is 51.7 Å². The van der Waals surface area contributed by atoms with Crippen LogP contribution in [0.15, 0.2) is 30.7 Å². The Morgan fingerprint density at radius 3 is 2.85 bits per heavy atom. The maximum absolute atomic E-state index is 12.6. The second-order valence-electron chi connectivity index (χ2n) is 6.09. The second kappa shape index (κ2) is 7.77. The van der Waals surface area contributed by atoms with Crippen molar-refractivity contribution in [1.82, 2.24) is 14.7 Å². The molecule has 0 aliphatic heterocycles. The Labute approximate surface area is 159 Å². The van der Waals surface area contributed by atoms with Crippen molar-refractivity contribution in [1.29, 1.82) is 0 Å². The third-order valence-electron chi connectivity index (χ3n) is 4.05. The number of hydrogen-bond acceptors (Lipinski definition) is 6. The van der Waals surface area contributed by atoms with Gasteiger partial charge in [-0.15, -0.1) is 11.3 Å². The summed E-state index contributed by atoms with van der Waals surface area (Å²) in [5, 5.41) is 12.6. The van der Waals surface area contributed by atoms with E-state index in [2.05, 4.69) is 10.3 Å². The van der Waals surface area contributed by atoms with E-state index in [1.807, 2.05) is 13.0 Å². The molecule has 0 spiro atoms. The molecule has 0 aliphatic carbocycles. The molecule has 3 heterocycles. The molecule has 0 bridgehead atoms. The number of fused-ring (bicyclic) bond motifs is 1. The molecular weight excluding hydrogens is 368 g/mol. The first-order valence-electron chi connectivity index (χ1n) is 8.25. The van der Waals surface area contributed by atoms with Crippen LogP contribution in [-0.2, 0) is 11.4 Å². The Morgan fingerprint density at radius 2 is 2.22 bits per heavy atom. The average molecular weight is 388 g/mol. The smallest absolute Gasteiger partial charge is 0.254 e. The summed E-state index contributed by atoms with van der Waals surface area (Å²) in [6.07, 6.45) is 5.38. The highest BCUT2D eigenvalue weighted by Gasteiger charge is 2.22. The Bertz CT molecular complexity index is 995. The van der Waals surface area contributed by atoms with Gasteiger partial charge in [0.25, 0.3) is 5.91 Å². The highest BCUT2D eigenvalue weighted by Crippen LogP contribution is 2.24. The summed E-state index contributed by atoms with van der Waals surface area (Å²) in [5.74, 6) is -0.673. The summed E-state index contributed by atoms with van der Waals surface area (Å²) in [4.78, 5) is 29.1. The monoisotopic (exact) mass is 388 g/mol. The molecule has 2 amide bonds. The fourth-order valence-electron chi connectivity index (χ4n) is 2.73. The number of nitrogens with one attached hydrogen (secondary N) is 1. The summed E-state index contributed by atoms with van der Waals surface area (Å²) in [5.41, 5.74) is 6.93. The molecule has 3 aromatic rings. The topological polar surface area (TPSA) is 119 Å². The number of nitrogens with zero attached hydrogens (tertiary/aromatic N) is 2. The molecule has 4 N–H and O–H groups in total. The number of aliphatic hydroxyl groups is 1. The van der Waals surface area contributed by atoms with E-state index < -0.39 is 24.5 Å². The van der Waals surface area contributed by atoms with Gasteiger partial charge in [0.15, 0.2) is 0 Å². The summed E-state index contributed by atoms with van der Waals surface area (Å²) in [7, 11) is 0. The van der Waals surface area contributed by atoms with Crippen LogP contribution in [0.1, 0.15) is 25.8 Å². The van der Waals surface area contributed by atoms with Gasteiger partial charge in [0.05, 0.1) is 27.6 Å². The van der Waals surface area contributed by atoms with E-state index in [4.69, 9.17) is 10.5 Å². The summed E-state index contributed by atoms with van der Waals surface area (Å²) < 4.78 is 7.61. The maximum atomic E-state index is 12.6. The van der Waals surface area contributed by atoms with E-state index in [1.165, 1.54) is 0 Å². The van der Waals surface area contributed by atoms with Gasteiger partial charge >= 0.3 is 0 Å². The number of ether oxygens (including phenoxy) is 1. The highest BCUT2D eigenvalue weighted by molar-refractivity contribution is 7.11. The molecule has 0 aromatic carbocycles. The van der Waals surface area contributed by atoms with E-state index in [0.29, 0.717) is 23.4 Å². The van der Waals surface area contributed by atoms with Crippen molar-refractivity contribution in [3.8, 4) is 5.75 Å². The van der Waals surface area contributed by atoms with Crippen LogP contribution >= 0.6 is 11.3 Å². The number of aromatic nitrogens is 2. The lowest BCUT2D eigenvalue weighted by Crippen LogP contribution is -2.46. The minimum Gasteiger partial charge on any atom is -0.488 e. The number of primary amides is 1. The number of carbonyl (C=O) groups excluding carboxylic acids is 2. The van der Waals surface area contributed by atoms with Crippen LogP contribution in [0.5, 0.6) is 5.75 Å². The van der Waals surface area contributed by atoms with Crippen molar-refractivity contribution < 1.29 is 19.4 Å². The molecule has 27 heavy (non-hydrogen) atoms. The fourth-order valence-corrected chi connectivity index (χ4v) is 3.44. The number of hydrogen-bond donors (Lipinski definition) is 3. The lowest BCUT2D eigenvalue weighted by atomic mass is 10.1. The van der Waals surface area contributed by atoms with Crippen LogP contribution in [0.3, 0.4) is 0 Å². The van der Waals surface area contributed by atoms with Gasteiger partial charge in [-0.25, -0.2) is 4.98 Å². The van der Waals surface area contributed by atoms with Crippen molar-refractivity contribution in [2.75, 3.05) is 6.61 Å². The molecule has 142 valence electrons. The molecule has 0 aliphatic rings. The number of amides is 2. The predicted molar refractivity (Wildman–Crippen MR) is 101 cm³/mol. The van der Waals surface area contributed by atoms with E-state index in [0.717, 1.165) is 15.4 Å². The number of aryl methyl sites for hydroxylation is 2. The van der Waals surface area contributed by atoms with Gasteiger partial charge in [-0.2, -0.15) is 0 Å². The zero-order chi connectivity index (χ0) is 19.6. The predicted octanol–water partition coefficient (Wildman–Crippen LogP) is 1.17. The van der Waals surface area contributed by atoms with E-state index >= 15 is 0 Å². The highest BCUT2D eigenvalue weighted by atomic mass is 32.1. The number of pyridine rings is 1. The standard InChI is InChI=1S/C18H20N4O4S/c1-10-7-22-4-3-12(26-9-13-6-20-11(2)27-13)5-15(22)16(10)18(25)21-14(8-23)17(19)24/h3-7,14,23H,8-9H2,1-2H3,(H2,19,24)(H,21,25)/t14-/m0/s1. The first-order valence-corrected chi connectivity index (χ1v) is 9.07. The van der Waals surface area contributed by atoms with E-state index in [-0.39, 0.29) is 0 Å². The van der Waals surface area contributed by atoms with Crippen molar-refractivity contribution in [2.24, 2.45) is 5.73 Å². The normalized spacial score (nSPS) is 12.1. The van der Waals surface area contributed by atoms with Crippen LogP contribution in [-0.4, -0.2) is 39.0 Å². The van der Waals surface area contributed by atoms with Crippen LogP contribution < -0.4 is 15.8 Å². The lowest BCUT2D eigenvalue weighted by molar-refractivity contribution is -0.120. The van der Waals surface area contributed by atoms with Gasteiger partial charge in [0.1, 0.15) is 18.4 Å². The van der Waals surface area contributed by atoms with Crippen molar-refractivity contribution in [3.63, 3.8) is 0 Å². The van der Waals surface area contributed by atoms with Crippen LogP contribution in [0, 0.1) is 13.8 Å². The number of rotatable bonds is 7. The van der Waals surface area contributed by atoms with Gasteiger partial charge < -0.3 is 25.3 Å². The van der Waals surface area contributed by atoms with Gasteiger partial charge in [-0.05, 0) is 25.5 Å². The molecule has 8 nitrogen and oxygen atoms in total. The zero-order valence-corrected chi connectivity index (χ0v) is 15.7. The Balaban J connectivity index is 1.85. The van der Waals surface area contributed by atoms with Crippen LogP contribution in [0.2, 0.25) is 0 Å². The molecule has 0 saturated heterocycles. The third-order valence-corrected chi connectivity index (χ3v) is 4.93. The summed E-state index contributed by atoms with van der Waals surface area (Å²) >= 11 is 1.56. The molecule has 9 heteroatoms. The van der Waals surface area contributed by atoms with Gasteiger partial charge in [-0.1, -0.05) is 0 Å². The molecule has 3 rings (SSSR count). The average Bonchev–Trinajstić information content (AvgIpc) is 3.19. The molecule has 0 unspecified atom stereocenters. The van der Waals surface area contributed by atoms with Gasteiger partial charge in [0.2, 0.25) is 5.91 Å². The molecular formula is C18H20N4O4S. The molecule has 3 aromatic heterocycles.